The molecule has 33 heavy (non-hydrogen) atoms. The zero-order valence-corrected chi connectivity index (χ0v) is 21.1. The van der Waals surface area contributed by atoms with Gasteiger partial charge in [-0.1, -0.05) is 48.0 Å². The fourth-order valence-electron chi connectivity index (χ4n) is 3.52. The maximum Gasteiger partial charge on any atom is 0.242 e. The number of carbonyl (C=O) groups excluding carboxylic acids is 2. The summed E-state index contributed by atoms with van der Waals surface area (Å²) in [4.78, 5) is 27.1. The van der Waals surface area contributed by atoms with E-state index in [1.165, 1.54) is 9.21 Å². The Morgan fingerprint density at radius 2 is 1.79 bits per heavy atom. The molecule has 0 saturated heterocycles. The average Bonchev–Trinajstić information content (AvgIpc) is 2.76. The maximum atomic E-state index is 13.1. The summed E-state index contributed by atoms with van der Waals surface area (Å²) in [5, 5.41) is 3.20. The van der Waals surface area contributed by atoms with Gasteiger partial charge in [-0.3, -0.25) is 13.9 Å². The molecular formula is C24H32ClN3O4S. The van der Waals surface area contributed by atoms with Gasteiger partial charge in [-0.25, -0.2) is 8.42 Å². The van der Waals surface area contributed by atoms with Crippen molar-refractivity contribution in [2.24, 2.45) is 0 Å². The number of sulfonamides is 1. The first-order valence-electron chi connectivity index (χ1n) is 10.9. The van der Waals surface area contributed by atoms with Crippen LogP contribution >= 0.6 is 11.6 Å². The number of carbonyl (C=O) groups is 2. The summed E-state index contributed by atoms with van der Waals surface area (Å²) in [5.41, 5.74) is 2.18. The van der Waals surface area contributed by atoms with Crippen LogP contribution in [0, 0.1) is 6.92 Å². The monoisotopic (exact) mass is 493 g/mol. The van der Waals surface area contributed by atoms with E-state index in [-0.39, 0.29) is 24.8 Å². The van der Waals surface area contributed by atoms with Gasteiger partial charge >= 0.3 is 0 Å². The molecule has 180 valence electrons. The van der Waals surface area contributed by atoms with E-state index in [9.17, 15) is 18.0 Å². The minimum absolute atomic E-state index is 0.0994. The zero-order valence-electron chi connectivity index (χ0n) is 19.5. The molecule has 0 unspecified atom stereocenters. The average molecular weight is 494 g/mol. The van der Waals surface area contributed by atoms with Crippen molar-refractivity contribution in [1.29, 1.82) is 0 Å². The molecule has 2 aromatic carbocycles. The van der Waals surface area contributed by atoms with Crippen LogP contribution in [-0.2, 0) is 26.2 Å². The molecule has 0 radical (unpaired) electrons. The Kier molecular flexibility index (Phi) is 9.73. The van der Waals surface area contributed by atoms with Gasteiger partial charge in [0.1, 0.15) is 6.04 Å². The van der Waals surface area contributed by atoms with Crippen LogP contribution in [-0.4, -0.2) is 50.5 Å². The van der Waals surface area contributed by atoms with Gasteiger partial charge < -0.3 is 10.2 Å². The van der Waals surface area contributed by atoms with E-state index in [4.69, 9.17) is 11.6 Å². The normalized spacial score (nSPS) is 12.2. The highest BCUT2D eigenvalue weighted by molar-refractivity contribution is 7.92. The Hall–Kier alpha value is -2.58. The molecule has 0 aromatic heterocycles. The van der Waals surface area contributed by atoms with Gasteiger partial charge in [-0.15, -0.1) is 0 Å². The van der Waals surface area contributed by atoms with E-state index in [0.717, 1.165) is 17.4 Å². The molecule has 0 heterocycles. The second kappa shape index (κ2) is 12.0. The van der Waals surface area contributed by atoms with Crippen LogP contribution in [0.3, 0.4) is 0 Å². The highest BCUT2D eigenvalue weighted by Crippen LogP contribution is 2.26. The first-order valence-corrected chi connectivity index (χ1v) is 13.1. The fraction of sp³-hybridized carbons (Fsp3) is 0.417. The molecule has 1 N–H and O–H groups in total. The summed E-state index contributed by atoms with van der Waals surface area (Å²) in [6.45, 7) is 6.22. The van der Waals surface area contributed by atoms with Crippen molar-refractivity contribution in [3.63, 3.8) is 0 Å². The lowest BCUT2D eigenvalue weighted by molar-refractivity contribution is -0.140. The largest absolute Gasteiger partial charge is 0.355 e. The molecule has 2 rings (SSSR count). The van der Waals surface area contributed by atoms with Crippen molar-refractivity contribution < 1.29 is 18.0 Å². The molecule has 0 fully saturated rings. The third kappa shape index (κ3) is 7.75. The van der Waals surface area contributed by atoms with E-state index >= 15 is 0 Å². The van der Waals surface area contributed by atoms with Crippen molar-refractivity contribution >= 4 is 39.1 Å². The van der Waals surface area contributed by atoms with E-state index < -0.39 is 16.1 Å². The third-order valence-corrected chi connectivity index (χ3v) is 6.72. The van der Waals surface area contributed by atoms with Crippen LogP contribution in [0.4, 0.5) is 5.69 Å². The predicted molar refractivity (Wildman–Crippen MR) is 133 cm³/mol. The standard InChI is InChI=1S/C24H32ClN3O4S/c1-5-26-24(30)19(3)27(17-20-10-7-6-8-11-20)23(29)12-9-15-28(33(4,31)32)22-16-21(25)14-13-18(22)2/h6-8,10-11,13-14,16,19H,5,9,12,15,17H2,1-4H3,(H,26,30)/t19-/m1/s1. The number of anilines is 1. The van der Waals surface area contributed by atoms with Gasteiger partial charge in [-0.2, -0.15) is 0 Å². The second-order valence-corrected chi connectivity index (χ2v) is 10.3. The zero-order chi connectivity index (χ0) is 24.6. The molecular weight excluding hydrogens is 462 g/mol. The highest BCUT2D eigenvalue weighted by atomic mass is 35.5. The number of nitrogens with zero attached hydrogens (tertiary/aromatic N) is 2. The molecule has 0 aliphatic heterocycles. The lowest BCUT2D eigenvalue weighted by atomic mass is 10.1. The predicted octanol–water partition coefficient (Wildman–Crippen LogP) is 3.75. The van der Waals surface area contributed by atoms with E-state index in [1.807, 2.05) is 44.2 Å². The molecule has 2 aromatic rings. The van der Waals surface area contributed by atoms with Crippen LogP contribution in [0.5, 0.6) is 0 Å². The minimum Gasteiger partial charge on any atom is -0.355 e. The number of amides is 2. The Morgan fingerprint density at radius 3 is 2.39 bits per heavy atom. The van der Waals surface area contributed by atoms with Gasteiger partial charge in [0, 0.05) is 31.1 Å². The summed E-state index contributed by atoms with van der Waals surface area (Å²) in [6, 6.07) is 13.9. The first kappa shape index (κ1) is 26.7. The summed E-state index contributed by atoms with van der Waals surface area (Å²) < 4.78 is 26.2. The number of aryl methyl sites for hydroxylation is 1. The summed E-state index contributed by atoms with van der Waals surface area (Å²) in [6.07, 6.45) is 1.53. The molecule has 0 bridgehead atoms. The Bertz CT molecular complexity index is 1060. The Labute approximate surface area is 201 Å². The van der Waals surface area contributed by atoms with E-state index in [2.05, 4.69) is 5.32 Å². The number of hydrogen-bond acceptors (Lipinski definition) is 4. The summed E-state index contributed by atoms with van der Waals surface area (Å²) >= 11 is 6.08. The lowest BCUT2D eigenvalue weighted by Crippen LogP contribution is -2.47. The van der Waals surface area contributed by atoms with Crippen molar-refractivity contribution in [1.82, 2.24) is 10.2 Å². The van der Waals surface area contributed by atoms with Crippen molar-refractivity contribution in [2.75, 3.05) is 23.7 Å². The minimum atomic E-state index is -3.58. The number of rotatable bonds is 11. The fourth-order valence-corrected chi connectivity index (χ4v) is 4.70. The molecule has 2 amide bonds. The molecule has 7 nitrogen and oxygen atoms in total. The van der Waals surface area contributed by atoms with Crippen LogP contribution in [0.1, 0.15) is 37.8 Å². The number of nitrogens with one attached hydrogen (secondary N) is 1. The number of hydrogen-bond donors (Lipinski definition) is 1. The van der Waals surface area contributed by atoms with Crippen LogP contribution < -0.4 is 9.62 Å². The molecule has 0 saturated carbocycles. The Balaban J connectivity index is 2.16. The van der Waals surface area contributed by atoms with Gasteiger partial charge in [0.2, 0.25) is 21.8 Å². The van der Waals surface area contributed by atoms with Gasteiger partial charge in [0.05, 0.1) is 11.9 Å². The highest BCUT2D eigenvalue weighted by Gasteiger charge is 2.26. The van der Waals surface area contributed by atoms with Gasteiger partial charge in [0.15, 0.2) is 0 Å². The molecule has 0 aliphatic rings. The Morgan fingerprint density at radius 1 is 1.12 bits per heavy atom. The quantitative estimate of drug-likeness (QED) is 0.516. The van der Waals surface area contributed by atoms with Gasteiger partial charge in [-0.05, 0) is 50.5 Å². The van der Waals surface area contributed by atoms with Crippen LogP contribution in [0.15, 0.2) is 48.5 Å². The number of likely N-dealkylation sites (N-methyl/N-ethyl adjacent to an activating group) is 1. The SMILES string of the molecule is CCNC(=O)[C@@H](C)N(Cc1ccccc1)C(=O)CCCN(c1cc(Cl)ccc1C)S(C)(=O)=O. The van der Waals surface area contributed by atoms with Crippen LogP contribution in [0.2, 0.25) is 5.02 Å². The van der Waals surface area contributed by atoms with Crippen LogP contribution in [0.25, 0.3) is 0 Å². The lowest BCUT2D eigenvalue weighted by Gasteiger charge is -2.29. The smallest absolute Gasteiger partial charge is 0.242 e. The molecule has 0 spiro atoms. The second-order valence-electron chi connectivity index (χ2n) is 7.95. The molecule has 9 heteroatoms. The van der Waals surface area contributed by atoms with Gasteiger partial charge in [0.25, 0.3) is 0 Å². The third-order valence-electron chi connectivity index (χ3n) is 5.31. The topological polar surface area (TPSA) is 86.8 Å². The molecule has 1 atom stereocenters. The maximum absolute atomic E-state index is 13.1. The number of halogens is 1. The van der Waals surface area contributed by atoms with Crippen molar-refractivity contribution in [2.45, 2.75) is 46.2 Å². The van der Waals surface area contributed by atoms with E-state index in [0.29, 0.717) is 30.2 Å². The summed E-state index contributed by atoms with van der Waals surface area (Å²) in [5.74, 6) is -0.442. The number of benzene rings is 2. The summed E-state index contributed by atoms with van der Waals surface area (Å²) in [7, 11) is -3.58. The molecule has 0 aliphatic carbocycles. The van der Waals surface area contributed by atoms with E-state index in [1.54, 1.807) is 25.1 Å². The van der Waals surface area contributed by atoms with Crippen molar-refractivity contribution in [3.05, 3.63) is 64.7 Å². The van der Waals surface area contributed by atoms with Crippen molar-refractivity contribution in [3.8, 4) is 0 Å². The first-order chi connectivity index (χ1) is 15.5.